The number of nitro groups is 2. The van der Waals surface area contributed by atoms with Gasteiger partial charge in [0.2, 0.25) is 0 Å². The van der Waals surface area contributed by atoms with Crippen LogP contribution in [0.1, 0.15) is 40.0 Å². The normalized spacial score (nSPS) is 12.3. The number of nitrogens with zero attached hydrogens (tertiary/aromatic N) is 2. The highest BCUT2D eigenvalue weighted by Gasteiger charge is 2.24. The number of esters is 2. The second-order valence-electron chi connectivity index (χ2n) is 7.95. The minimum atomic E-state index is -1.09. The molecule has 0 saturated heterocycles. The predicted molar refractivity (Wildman–Crippen MR) is 132 cm³/mol. The zero-order valence-corrected chi connectivity index (χ0v) is 20.5. The molecule has 0 aliphatic heterocycles. The van der Waals surface area contributed by atoms with Crippen LogP contribution in [0.4, 0.5) is 11.4 Å². The Labute approximate surface area is 216 Å². The lowest BCUT2D eigenvalue weighted by atomic mass is 9.95. The molecule has 0 unspecified atom stereocenters. The third-order valence-electron chi connectivity index (χ3n) is 5.46. The molecule has 0 aliphatic rings. The Balaban J connectivity index is 2.03. The molecule has 2 atom stereocenters. The lowest BCUT2D eigenvalue weighted by Crippen LogP contribution is -2.41. The number of carbonyl (C=O) groups excluding carboxylic acids is 4. The molecule has 0 radical (unpaired) electrons. The molecule has 0 saturated carbocycles. The molecule has 0 fully saturated rings. The molecule has 0 spiro atoms. The van der Waals surface area contributed by atoms with Crippen LogP contribution in [0, 0.1) is 26.1 Å². The average molecular weight is 527 g/mol. The molecule has 0 aliphatic carbocycles. The average Bonchev–Trinajstić information content (AvgIpc) is 2.92. The van der Waals surface area contributed by atoms with Crippen LogP contribution in [0.3, 0.4) is 0 Å². The van der Waals surface area contributed by atoms with Gasteiger partial charge in [0.05, 0.1) is 30.0 Å². The number of carbonyl (C=O) groups is 4. The van der Waals surface area contributed by atoms with Gasteiger partial charge in [0.1, 0.15) is 6.04 Å². The first-order chi connectivity index (χ1) is 18.1. The fraction of sp³-hybridized carbons (Fsp3) is 0.280. The van der Waals surface area contributed by atoms with E-state index in [1.807, 2.05) is 0 Å². The Kier molecular flexibility index (Phi) is 10.8. The summed E-state index contributed by atoms with van der Waals surface area (Å²) < 4.78 is 9.49. The van der Waals surface area contributed by atoms with E-state index in [4.69, 9.17) is 9.47 Å². The van der Waals surface area contributed by atoms with E-state index in [0.717, 1.165) is 19.2 Å². The van der Waals surface area contributed by atoms with Gasteiger partial charge < -0.3 is 14.8 Å². The molecule has 2 rings (SSSR count). The first kappa shape index (κ1) is 29.3. The quantitative estimate of drug-likeness (QED) is 0.133. The molecular weight excluding hydrogens is 502 g/mol. The van der Waals surface area contributed by atoms with Crippen molar-refractivity contribution < 1.29 is 38.5 Å². The van der Waals surface area contributed by atoms with Crippen LogP contribution in [0.2, 0.25) is 0 Å². The monoisotopic (exact) mass is 527 g/mol. The minimum absolute atomic E-state index is 0.00438. The number of amides is 1. The molecule has 13 heteroatoms. The first-order valence-electron chi connectivity index (χ1n) is 11.2. The molecule has 0 heterocycles. The highest BCUT2D eigenvalue weighted by Crippen LogP contribution is 2.19. The number of non-ortho nitro benzene ring substituents is 2. The Bertz CT molecular complexity index is 1130. The van der Waals surface area contributed by atoms with Gasteiger partial charge in [-0.2, -0.15) is 0 Å². The number of nitrogens with one attached hydrogen (secondary N) is 1. The summed E-state index contributed by atoms with van der Waals surface area (Å²) in [4.78, 5) is 69.8. The van der Waals surface area contributed by atoms with Crippen molar-refractivity contribution in [1.29, 1.82) is 0 Å². The van der Waals surface area contributed by atoms with E-state index in [-0.39, 0.29) is 41.8 Å². The minimum Gasteiger partial charge on any atom is -0.469 e. The topological polar surface area (TPSA) is 185 Å². The largest absolute Gasteiger partial charge is 0.469 e. The summed E-state index contributed by atoms with van der Waals surface area (Å²) >= 11 is 0. The van der Waals surface area contributed by atoms with Crippen molar-refractivity contribution in [3.63, 3.8) is 0 Å². The molecule has 38 heavy (non-hydrogen) atoms. The second-order valence-corrected chi connectivity index (χ2v) is 7.95. The zero-order chi connectivity index (χ0) is 28.2. The number of ketones is 1. The molecule has 1 amide bonds. The van der Waals surface area contributed by atoms with Gasteiger partial charge in [-0.25, -0.2) is 4.79 Å². The predicted octanol–water partition coefficient (Wildman–Crippen LogP) is 3.17. The fourth-order valence-corrected chi connectivity index (χ4v) is 3.37. The molecule has 200 valence electrons. The van der Waals surface area contributed by atoms with Crippen LogP contribution in [-0.2, 0) is 19.1 Å². The van der Waals surface area contributed by atoms with Crippen LogP contribution in [0.15, 0.2) is 60.7 Å². The van der Waals surface area contributed by atoms with E-state index in [0.29, 0.717) is 0 Å². The van der Waals surface area contributed by atoms with E-state index < -0.39 is 45.4 Å². The lowest BCUT2D eigenvalue weighted by Gasteiger charge is -2.15. The molecule has 13 nitrogen and oxygen atoms in total. The first-order valence-corrected chi connectivity index (χ1v) is 11.2. The van der Waals surface area contributed by atoms with Crippen LogP contribution in [0.25, 0.3) is 0 Å². The van der Waals surface area contributed by atoms with E-state index in [2.05, 4.69) is 5.32 Å². The highest BCUT2D eigenvalue weighted by molar-refractivity contribution is 5.98. The summed E-state index contributed by atoms with van der Waals surface area (Å²) in [6.45, 7) is 0. The summed E-state index contributed by atoms with van der Waals surface area (Å²) in [5.41, 5.74) is -0.0618. The van der Waals surface area contributed by atoms with Crippen molar-refractivity contribution in [3.05, 3.63) is 92.0 Å². The van der Waals surface area contributed by atoms with Gasteiger partial charge in [0.25, 0.3) is 17.3 Å². The maximum atomic E-state index is 12.6. The van der Waals surface area contributed by atoms with Crippen molar-refractivity contribution in [2.24, 2.45) is 5.92 Å². The Morgan fingerprint density at radius 2 is 1.26 bits per heavy atom. The number of Topliss-reactive ketones (excluding diaryl/α,β-unsaturated/α-hetero) is 1. The summed E-state index contributed by atoms with van der Waals surface area (Å²) in [6.07, 6.45) is 2.94. The second kappa shape index (κ2) is 14.0. The third-order valence-corrected chi connectivity index (χ3v) is 5.46. The van der Waals surface area contributed by atoms with Crippen LogP contribution in [-0.4, -0.2) is 53.7 Å². The summed E-state index contributed by atoms with van der Waals surface area (Å²) in [7, 11) is 2.32. The molecule has 2 aromatic carbocycles. The number of ether oxygens (including phenoxy) is 2. The molecule has 0 aromatic heterocycles. The van der Waals surface area contributed by atoms with Crippen molar-refractivity contribution >= 4 is 35.0 Å². The van der Waals surface area contributed by atoms with E-state index >= 15 is 0 Å². The highest BCUT2D eigenvalue weighted by atomic mass is 16.6. The maximum absolute atomic E-state index is 12.6. The standard InChI is InChI=1S/C25H25N3O10/c1-37-24(31)18(15-22(29)16-7-11-19(12-8-16)27(33)34)5-3-4-6-21(25(32)38-2)26-23(30)17-9-13-20(14-10-17)28(35)36/h3-4,7-14,18,21H,5-6,15H2,1-2H3,(H,26,30)/t18-,21+/m1/s1. The number of nitro benzene ring substituents is 2. The van der Waals surface area contributed by atoms with E-state index in [1.165, 1.54) is 49.6 Å². The van der Waals surface area contributed by atoms with Gasteiger partial charge in [-0.1, -0.05) is 12.2 Å². The van der Waals surface area contributed by atoms with Crippen LogP contribution < -0.4 is 5.32 Å². The van der Waals surface area contributed by atoms with Gasteiger partial charge in [-0.05, 0) is 37.1 Å². The van der Waals surface area contributed by atoms with Gasteiger partial charge >= 0.3 is 11.9 Å². The van der Waals surface area contributed by atoms with Crippen LogP contribution >= 0.6 is 0 Å². The summed E-state index contributed by atoms with van der Waals surface area (Å²) in [5.74, 6) is -3.29. The number of methoxy groups -OCH3 is 2. The zero-order valence-electron chi connectivity index (χ0n) is 20.5. The number of rotatable bonds is 13. The van der Waals surface area contributed by atoms with Gasteiger partial charge in [-0.15, -0.1) is 0 Å². The van der Waals surface area contributed by atoms with Gasteiger partial charge in [0.15, 0.2) is 5.78 Å². The fourth-order valence-electron chi connectivity index (χ4n) is 3.37. The Morgan fingerprint density at radius 3 is 1.74 bits per heavy atom. The number of hydrogen-bond acceptors (Lipinski definition) is 10. The summed E-state index contributed by atoms with van der Waals surface area (Å²) in [6, 6.07) is 8.73. The van der Waals surface area contributed by atoms with E-state index in [1.54, 1.807) is 6.08 Å². The maximum Gasteiger partial charge on any atom is 0.328 e. The van der Waals surface area contributed by atoms with Crippen molar-refractivity contribution in [1.82, 2.24) is 5.32 Å². The van der Waals surface area contributed by atoms with E-state index in [9.17, 15) is 39.4 Å². The Morgan fingerprint density at radius 1 is 0.789 bits per heavy atom. The molecule has 1 N–H and O–H groups in total. The third kappa shape index (κ3) is 8.33. The van der Waals surface area contributed by atoms with Gasteiger partial charge in [-0.3, -0.25) is 34.6 Å². The Hall–Kier alpha value is -4.94. The SMILES string of the molecule is COC(=O)[C@H](CC=CC[C@H](NC(=O)c1ccc([N+](=O)[O-])cc1)C(=O)OC)CC(=O)c1ccc([N+](=O)[O-])cc1. The number of benzene rings is 2. The van der Waals surface area contributed by atoms with Crippen molar-refractivity contribution in [2.75, 3.05) is 14.2 Å². The van der Waals surface area contributed by atoms with Gasteiger partial charge in [0, 0.05) is 41.8 Å². The number of hydrogen-bond donors (Lipinski definition) is 1. The molecule has 0 bridgehead atoms. The van der Waals surface area contributed by atoms with Crippen molar-refractivity contribution in [2.45, 2.75) is 25.3 Å². The lowest BCUT2D eigenvalue weighted by molar-refractivity contribution is -0.385. The van der Waals surface area contributed by atoms with Crippen LogP contribution in [0.5, 0.6) is 0 Å². The summed E-state index contributed by atoms with van der Waals surface area (Å²) in [5, 5.41) is 24.1. The smallest absolute Gasteiger partial charge is 0.328 e. The number of allylic oxidation sites excluding steroid dienone is 1. The molecule has 2 aromatic rings. The van der Waals surface area contributed by atoms with Crippen molar-refractivity contribution in [3.8, 4) is 0 Å². The molecular formula is C25H25N3O10.